The summed E-state index contributed by atoms with van der Waals surface area (Å²) in [7, 11) is 0. The van der Waals surface area contributed by atoms with Crippen LogP contribution in [0.25, 0.3) is 11.2 Å². The van der Waals surface area contributed by atoms with Crippen LogP contribution < -0.4 is 5.32 Å². The number of aromatic nitrogens is 4. The van der Waals surface area contributed by atoms with Crippen LogP contribution >= 0.6 is 0 Å². The predicted molar refractivity (Wildman–Crippen MR) is 85.0 cm³/mol. The summed E-state index contributed by atoms with van der Waals surface area (Å²) in [5.74, 6) is 0.710. The molecule has 3 atom stereocenters. The number of aliphatic hydroxyl groups excluding tert-OH is 2. The van der Waals surface area contributed by atoms with Crippen LogP contribution in [0, 0.1) is 0 Å². The molecule has 126 valence electrons. The van der Waals surface area contributed by atoms with Crippen molar-refractivity contribution in [3.8, 4) is 0 Å². The fourth-order valence-electron chi connectivity index (χ4n) is 2.82. The molecule has 0 spiro atoms. The third kappa shape index (κ3) is 3.29. The van der Waals surface area contributed by atoms with Gasteiger partial charge in [-0.25, -0.2) is 15.0 Å². The first-order valence-corrected chi connectivity index (χ1v) is 8.10. The molecule has 1 aliphatic heterocycles. The molecule has 3 rings (SSSR count). The molecule has 1 unspecified atom stereocenters. The number of hydrogen-bond acceptors (Lipinski definition) is 7. The highest BCUT2D eigenvalue weighted by Crippen LogP contribution is 2.31. The van der Waals surface area contributed by atoms with Crippen LogP contribution in [0.15, 0.2) is 12.7 Å². The Balaban J connectivity index is 1.78. The van der Waals surface area contributed by atoms with Crippen molar-refractivity contribution in [2.45, 2.75) is 51.0 Å². The van der Waals surface area contributed by atoms with Gasteiger partial charge < -0.3 is 20.3 Å². The van der Waals surface area contributed by atoms with Gasteiger partial charge in [-0.1, -0.05) is 19.8 Å². The van der Waals surface area contributed by atoms with Crippen LogP contribution in [-0.2, 0) is 4.74 Å². The van der Waals surface area contributed by atoms with E-state index in [1.165, 1.54) is 19.2 Å². The second kappa shape index (κ2) is 7.20. The monoisotopic (exact) mass is 321 g/mol. The molecule has 2 aromatic rings. The summed E-state index contributed by atoms with van der Waals surface area (Å²) in [4.78, 5) is 12.9. The molecule has 23 heavy (non-hydrogen) atoms. The molecule has 0 aromatic carbocycles. The summed E-state index contributed by atoms with van der Waals surface area (Å²) in [5.41, 5.74) is 1.35. The van der Waals surface area contributed by atoms with E-state index in [9.17, 15) is 10.2 Å². The molecule has 3 N–H and O–H groups in total. The van der Waals surface area contributed by atoms with Crippen LogP contribution in [0.5, 0.6) is 0 Å². The zero-order valence-electron chi connectivity index (χ0n) is 13.2. The van der Waals surface area contributed by atoms with Crippen molar-refractivity contribution in [1.82, 2.24) is 19.5 Å². The predicted octanol–water partition coefficient (Wildman–Crippen LogP) is 1.07. The van der Waals surface area contributed by atoms with Crippen LogP contribution in [-0.4, -0.2) is 55.1 Å². The van der Waals surface area contributed by atoms with Crippen molar-refractivity contribution >= 4 is 17.0 Å². The van der Waals surface area contributed by atoms with Gasteiger partial charge in [0.2, 0.25) is 0 Å². The lowest BCUT2D eigenvalue weighted by Crippen LogP contribution is -2.24. The minimum Gasteiger partial charge on any atom is -0.394 e. The Morgan fingerprint density at radius 3 is 2.96 bits per heavy atom. The Kier molecular flexibility index (Phi) is 5.04. The largest absolute Gasteiger partial charge is 0.394 e. The number of imidazole rings is 1. The van der Waals surface area contributed by atoms with Gasteiger partial charge in [0.25, 0.3) is 0 Å². The summed E-state index contributed by atoms with van der Waals surface area (Å²) in [6.07, 6.45) is 5.34. The highest BCUT2D eigenvalue weighted by molar-refractivity contribution is 5.82. The van der Waals surface area contributed by atoms with Crippen molar-refractivity contribution in [3.63, 3.8) is 0 Å². The average molecular weight is 321 g/mol. The highest BCUT2D eigenvalue weighted by Gasteiger charge is 2.35. The highest BCUT2D eigenvalue weighted by atomic mass is 16.5. The molecule has 8 heteroatoms. The van der Waals surface area contributed by atoms with Gasteiger partial charge in [0.1, 0.15) is 18.7 Å². The molecular formula is C15H23N5O3. The Hall–Kier alpha value is -1.77. The first-order valence-electron chi connectivity index (χ1n) is 8.10. The molecule has 1 fully saturated rings. The number of anilines is 1. The summed E-state index contributed by atoms with van der Waals surface area (Å²) < 4.78 is 7.46. The molecule has 1 saturated heterocycles. The minimum atomic E-state index is -0.684. The SMILES string of the molecule is CCCCCNc1ncnc2c1ncn2[C@H]1CC(O)[C@@H](CO)O1. The smallest absolute Gasteiger partial charge is 0.167 e. The number of nitrogens with zero attached hydrogens (tertiary/aromatic N) is 4. The maximum atomic E-state index is 9.89. The lowest BCUT2D eigenvalue weighted by molar-refractivity contribution is -0.0432. The van der Waals surface area contributed by atoms with Crippen molar-refractivity contribution in [3.05, 3.63) is 12.7 Å². The number of unbranched alkanes of at least 4 members (excludes halogenated alkanes) is 2. The quantitative estimate of drug-likeness (QED) is 0.655. The van der Waals surface area contributed by atoms with Crippen LogP contribution in [0.4, 0.5) is 5.82 Å². The topological polar surface area (TPSA) is 105 Å². The Morgan fingerprint density at radius 1 is 1.35 bits per heavy atom. The van der Waals surface area contributed by atoms with Crippen molar-refractivity contribution in [1.29, 1.82) is 0 Å². The second-order valence-corrected chi connectivity index (χ2v) is 5.80. The minimum absolute atomic E-state index is 0.205. The maximum absolute atomic E-state index is 9.89. The van der Waals surface area contributed by atoms with Crippen LogP contribution in [0.1, 0.15) is 38.8 Å². The molecule has 8 nitrogen and oxygen atoms in total. The van der Waals surface area contributed by atoms with E-state index in [1.807, 2.05) is 0 Å². The van der Waals surface area contributed by atoms with E-state index in [4.69, 9.17) is 4.74 Å². The molecule has 0 aliphatic carbocycles. The normalized spacial score (nSPS) is 24.4. The zero-order chi connectivity index (χ0) is 16.2. The number of aliphatic hydroxyl groups is 2. The average Bonchev–Trinajstić information content (AvgIpc) is 3.15. The van der Waals surface area contributed by atoms with Crippen molar-refractivity contribution in [2.75, 3.05) is 18.5 Å². The molecule has 0 saturated carbocycles. The van der Waals surface area contributed by atoms with Gasteiger partial charge in [0.05, 0.1) is 19.0 Å². The van der Waals surface area contributed by atoms with E-state index >= 15 is 0 Å². The lowest BCUT2D eigenvalue weighted by atomic mass is 10.2. The molecular weight excluding hydrogens is 298 g/mol. The number of hydrogen-bond donors (Lipinski definition) is 3. The maximum Gasteiger partial charge on any atom is 0.167 e. The van der Waals surface area contributed by atoms with E-state index < -0.39 is 12.2 Å². The van der Waals surface area contributed by atoms with Gasteiger partial charge in [-0.05, 0) is 6.42 Å². The number of nitrogens with one attached hydrogen (secondary N) is 1. The van der Waals surface area contributed by atoms with E-state index in [0.29, 0.717) is 23.4 Å². The lowest BCUT2D eigenvalue weighted by Gasteiger charge is -2.13. The first kappa shape index (κ1) is 16.1. The van der Waals surface area contributed by atoms with Gasteiger partial charge in [-0.2, -0.15) is 0 Å². The van der Waals surface area contributed by atoms with Gasteiger partial charge >= 0.3 is 0 Å². The third-order valence-corrected chi connectivity index (χ3v) is 4.13. The fourth-order valence-corrected chi connectivity index (χ4v) is 2.82. The molecule has 2 aromatic heterocycles. The Bertz CT molecular complexity index is 647. The van der Waals surface area contributed by atoms with Gasteiger partial charge in [0.15, 0.2) is 17.0 Å². The van der Waals surface area contributed by atoms with Crippen LogP contribution in [0.3, 0.4) is 0 Å². The molecule has 0 radical (unpaired) electrons. The van der Waals surface area contributed by atoms with Crippen molar-refractivity contribution in [2.24, 2.45) is 0 Å². The first-order chi connectivity index (χ1) is 11.2. The molecule has 0 amide bonds. The zero-order valence-corrected chi connectivity index (χ0v) is 13.2. The van der Waals surface area contributed by atoms with Gasteiger partial charge in [-0.3, -0.25) is 4.57 Å². The summed E-state index contributed by atoms with van der Waals surface area (Å²) in [6.45, 7) is 2.81. The van der Waals surface area contributed by atoms with Gasteiger partial charge in [-0.15, -0.1) is 0 Å². The van der Waals surface area contributed by atoms with Gasteiger partial charge in [0, 0.05) is 13.0 Å². The van der Waals surface area contributed by atoms with E-state index in [-0.39, 0.29) is 12.8 Å². The Labute approximate surface area is 134 Å². The summed E-state index contributed by atoms with van der Waals surface area (Å²) in [6, 6.07) is 0. The van der Waals surface area contributed by atoms with E-state index in [2.05, 4.69) is 27.2 Å². The third-order valence-electron chi connectivity index (χ3n) is 4.13. The fraction of sp³-hybridized carbons (Fsp3) is 0.667. The molecule has 3 heterocycles. The van der Waals surface area contributed by atoms with E-state index in [0.717, 1.165) is 13.0 Å². The number of rotatable bonds is 7. The summed E-state index contributed by atoms with van der Waals surface area (Å²) in [5, 5.41) is 22.4. The van der Waals surface area contributed by atoms with E-state index in [1.54, 1.807) is 10.9 Å². The summed E-state index contributed by atoms with van der Waals surface area (Å²) >= 11 is 0. The molecule has 1 aliphatic rings. The van der Waals surface area contributed by atoms with Crippen molar-refractivity contribution < 1.29 is 14.9 Å². The molecule has 0 bridgehead atoms. The Morgan fingerprint density at radius 2 is 2.22 bits per heavy atom. The van der Waals surface area contributed by atoms with Crippen LogP contribution in [0.2, 0.25) is 0 Å². The second-order valence-electron chi connectivity index (χ2n) is 5.80. The standard InChI is InChI=1S/C15H23N5O3/c1-2-3-4-5-16-14-13-15(18-8-17-14)20(9-19-13)12-6-10(22)11(7-21)23-12/h8-12,21-22H,2-7H2,1H3,(H,16,17,18)/t10?,11-,12-/m1/s1. The number of ether oxygens (including phenoxy) is 1. The number of fused-ring (bicyclic) bond motifs is 1.